The molecule has 0 bridgehead atoms. The zero-order valence-electron chi connectivity index (χ0n) is 19.5. The van der Waals surface area contributed by atoms with Gasteiger partial charge in [-0.2, -0.15) is 0 Å². The smallest absolute Gasteiger partial charge is 0.0154 e. The number of allylic oxidation sites excluding steroid dienone is 8. The van der Waals surface area contributed by atoms with E-state index in [0.717, 1.165) is 41.5 Å². The first-order chi connectivity index (χ1) is 12.5. The van der Waals surface area contributed by atoms with Gasteiger partial charge in [0.25, 0.3) is 0 Å². The van der Waals surface area contributed by atoms with Gasteiger partial charge in [-0.3, -0.25) is 0 Å². The largest absolute Gasteiger partial charge is 0.402 e. The highest BCUT2D eigenvalue weighted by Crippen LogP contribution is 2.45. The van der Waals surface area contributed by atoms with Crippen LogP contribution in [0.4, 0.5) is 0 Å². The molecule has 1 aliphatic rings. The lowest BCUT2D eigenvalue weighted by molar-refractivity contribution is 0.735. The van der Waals surface area contributed by atoms with Crippen LogP contribution in [0.5, 0.6) is 0 Å². The zero-order chi connectivity index (χ0) is 20.9. The van der Waals surface area contributed by atoms with Gasteiger partial charge >= 0.3 is 0 Å². The van der Waals surface area contributed by atoms with Crippen LogP contribution in [-0.4, -0.2) is 0 Å². The van der Waals surface area contributed by atoms with E-state index in [-0.39, 0.29) is 0 Å². The van der Waals surface area contributed by atoms with Gasteiger partial charge in [0.05, 0.1) is 0 Å². The Morgan fingerprint density at radius 2 is 1.48 bits per heavy atom. The SMILES string of the molecule is C=C(C)/C(C)=C(/N)C/C(C)=C(C)/C(CCC)=C(\C)C(CC1CC1C)=C(C)C. The van der Waals surface area contributed by atoms with E-state index in [2.05, 4.69) is 62.0 Å². The summed E-state index contributed by atoms with van der Waals surface area (Å²) in [6, 6.07) is 0. The van der Waals surface area contributed by atoms with E-state index < -0.39 is 0 Å². The summed E-state index contributed by atoms with van der Waals surface area (Å²) in [4.78, 5) is 0. The number of nitrogens with two attached hydrogens (primary N) is 1. The average Bonchev–Trinajstić information content (AvgIpc) is 3.30. The van der Waals surface area contributed by atoms with E-state index in [1.165, 1.54) is 47.1 Å². The molecule has 0 aromatic rings. The number of hydrogen-bond acceptors (Lipinski definition) is 1. The lowest BCUT2D eigenvalue weighted by atomic mass is 9.86. The van der Waals surface area contributed by atoms with Crippen molar-refractivity contribution in [1.82, 2.24) is 0 Å². The summed E-state index contributed by atoms with van der Waals surface area (Å²) in [5, 5.41) is 0. The minimum Gasteiger partial charge on any atom is -0.402 e. The van der Waals surface area contributed by atoms with Crippen LogP contribution in [0.15, 0.2) is 56.9 Å². The molecule has 0 heterocycles. The summed E-state index contributed by atoms with van der Waals surface area (Å²) in [5.41, 5.74) is 18.4. The summed E-state index contributed by atoms with van der Waals surface area (Å²) < 4.78 is 0. The van der Waals surface area contributed by atoms with Crippen LogP contribution in [0.3, 0.4) is 0 Å². The second-order valence-electron chi connectivity index (χ2n) is 9.02. The van der Waals surface area contributed by atoms with Gasteiger partial charge in [0.15, 0.2) is 0 Å². The first kappa shape index (κ1) is 23.5. The number of rotatable bonds is 9. The third-order valence-electron chi connectivity index (χ3n) is 6.42. The van der Waals surface area contributed by atoms with E-state index in [9.17, 15) is 0 Å². The first-order valence-electron chi connectivity index (χ1n) is 10.6. The fraction of sp³-hybridized carbons (Fsp3) is 0.615. The molecule has 1 rings (SSSR count). The molecule has 2 unspecified atom stereocenters. The van der Waals surface area contributed by atoms with Crippen LogP contribution in [0.25, 0.3) is 0 Å². The molecule has 27 heavy (non-hydrogen) atoms. The Morgan fingerprint density at radius 1 is 0.926 bits per heavy atom. The second kappa shape index (κ2) is 10.2. The molecule has 2 N–H and O–H groups in total. The fourth-order valence-corrected chi connectivity index (χ4v) is 3.85. The summed E-state index contributed by atoms with van der Waals surface area (Å²) in [6.07, 6.45) is 5.77. The molecule has 0 spiro atoms. The predicted molar refractivity (Wildman–Crippen MR) is 123 cm³/mol. The maximum Gasteiger partial charge on any atom is 0.0154 e. The Hall–Kier alpha value is -1.50. The maximum absolute atomic E-state index is 6.36. The quantitative estimate of drug-likeness (QED) is 0.409. The van der Waals surface area contributed by atoms with Crippen molar-refractivity contribution < 1.29 is 0 Å². The molecule has 0 radical (unpaired) electrons. The third kappa shape index (κ3) is 6.55. The maximum atomic E-state index is 6.36. The van der Waals surface area contributed by atoms with Gasteiger partial charge in [-0.05, 0) is 107 Å². The molecule has 1 heteroatoms. The van der Waals surface area contributed by atoms with Gasteiger partial charge in [-0.15, -0.1) is 0 Å². The lowest BCUT2D eigenvalue weighted by Gasteiger charge is -2.20. The van der Waals surface area contributed by atoms with Crippen LogP contribution < -0.4 is 5.73 Å². The van der Waals surface area contributed by atoms with Crippen molar-refractivity contribution in [2.75, 3.05) is 0 Å². The molecule has 0 saturated heterocycles. The van der Waals surface area contributed by atoms with Crippen molar-refractivity contribution in [2.45, 2.75) is 94.4 Å². The minimum atomic E-state index is 0.828. The molecule has 1 aliphatic carbocycles. The first-order valence-corrected chi connectivity index (χ1v) is 10.6. The predicted octanol–water partition coefficient (Wildman–Crippen LogP) is 8.02. The van der Waals surface area contributed by atoms with E-state index in [0.29, 0.717) is 0 Å². The summed E-state index contributed by atoms with van der Waals surface area (Å²) in [5.74, 6) is 1.78. The fourth-order valence-electron chi connectivity index (χ4n) is 3.85. The van der Waals surface area contributed by atoms with Crippen molar-refractivity contribution >= 4 is 0 Å². The van der Waals surface area contributed by atoms with Crippen LogP contribution in [0, 0.1) is 11.8 Å². The molecule has 0 aliphatic heterocycles. The normalized spacial score (nSPS) is 21.8. The van der Waals surface area contributed by atoms with Crippen LogP contribution >= 0.6 is 0 Å². The molecule has 0 aromatic heterocycles. The van der Waals surface area contributed by atoms with Crippen LogP contribution in [0.2, 0.25) is 0 Å². The van der Waals surface area contributed by atoms with Crippen molar-refractivity contribution in [3.8, 4) is 0 Å². The van der Waals surface area contributed by atoms with Gasteiger partial charge in [-0.25, -0.2) is 0 Å². The highest BCUT2D eigenvalue weighted by Gasteiger charge is 2.33. The highest BCUT2D eigenvalue weighted by atomic mass is 14.6. The van der Waals surface area contributed by atoms with Crippen molar-refractivity contribution in [3.05, 3.63) is 56.9 Å². The Kier molecular flexibility index (Phi) is 8.85. The van der Waals surface area contributed by atoms with Gasteiger partial charge in [-0.1, -0.05) is 43.6 Å². The number of hydrogen-bond donors (Lipinski definition) is 1. The van der Waals surface area contributed by atoms with E-state index >= 15 is 0 Å². The standard InChI is InChI=1S/C26H43N/c1-11-12-24(21(9)18(6)14-26(27)20(8)16(2)3)22(10)25(17(4)5)15-23-13-19(23)7/h19,23H,2,11-15,27H2,1,3-10H3/b21-18+,24-22+,26-20+. The summed E-state index contributed by atoms with van der Waals surface area (Å²) >= 11 is 0. The molecular formula is C26H43N. The van der Waals surface area contributed by atoms with Crippen molar-refractivity contribution in [3.63, 3.8) is 0 Å². The average molecular weight is 370 g/mol. The van der Waals surface area contributed by atoms with E-state index in [1.54, 1.807) is 5.57 Å². The molecule has 1 nitrogen and oxygen atoms in total. The molecule has 152 valence electrons. The Bertz CT molecular complexity index is 690. The molecule has 2 atom stereocenters. The highest BCUT2D eigenvalue weighted by molar-refractivity contribution is 5.47. The molecule has 0 amide bonds. The van der Waals surface area contributed by atoms with Crippen LogP contribution in [-0.2, 0) is 0 Å². The Balaban J connectivity index is 3.30. The van der Waals surface area contributed by atoms with E-state index in [4.69, 9.17) is 5.73 Å². The van der Waals surface area contributed by atoms with Crippen molar-refractivity contribution in [1.29, 1.82) is 0 Å². The topological polar surface area (TPSA) is 26.0 Å². The zero-order valence-corrected chi connectivity index (χ0v) is 19.5. The molecule has 1 saturated carbocycles. The van der Waals surface area contributed by atoms with Gasteiger partial charge in [0.1, 0.15) is 0 Å². The Morgan fingerprint density at radius 3 is 1.89 bits per heavy atom. The van der Waals surface area contributed by atoms with Crippen LogP contribution in [0.1, 0.15) is 94.4 Å². The minimum absolute atomic E-state index is 0.828. The molecule has 1 fully saturated rings. The third-order valence-corrected chi connectivity index (χ3v) is 6.42. The molecular weight excluding hydrogens is 326 g/mol. The second-order valence-corrected chi connectivity index (χ2v) is 9.02. The van der Waals surface area contributed by atoms with Gasteiger partial charge in [0.2, 0.25) is 0 Å². The van der Waals surface area contributed by atoms with E-state index in [1.807, 2.05) is 6.92 Å². The summed E-state index contributed by atoms with van der Waals surface area (Å²) in [7, 11) is 0. The molecule has 0 aromatic carbocycles. The van der Waals surface area contributed by atoms with Gasteiger partial charge < -0.3 is 5.73 Å². The summed E-state index contributed by atoms with van der Waals surface area (Å²) in [6.45, 7) is 24.2. The monoisotopic (exact) mass is 369 g/mol. The van der Waals surface area contributed by atoms with Gasteiger partial charge in [0, 0.05) is 12.1 Å². The Labute approximate surface area is 169 Å². The van der Waals surface area contributed by atoms with Crippen molar-refractivity contribution in [2.24, 2.45) is 17.6 Å². The lowest BCUT2D eigenvalue weighted by Crippen LogP contribution is -2.05.